The van der Waals surface area contributed by atoms with Crippen molar-refractivity contribution in [2.45, 2.75) is 63.7 Å². The summed E-state index contributed by atoms with van der Waals surface area (Å²) >= 11 is 0. The number of amides is 4. The minimum atomic E-state index is -1.58. The summed E-state index contributed by atoms with van der Waals surface area (Å²) in [6.45, 7) is 2.41. The summed E-state index contributed by atoms with van der Waals surface area (Å²) < 4.78 is 0. The monoisotopic (exact) mass is 461 g/mol. The molecule has 0 heterocycles. The maximum absolute atomic E-state index is 12.6. The van der Waals surface area contributed by atoms with Crippen LogP contribution in [0.1, 0.15) is 39.5 Å². The Morgan fingerprint density at radius 1 is 0.906 bits per heavy atom. The summed E-state index contributed by atoms with van der Waals surface area (Å²) in [5.74, 6) is -6.85. The summed E-state index contributed by atoms with van der Waals surface area (Å²) in [5.41, 5.74) is 10.4. The van der Waals surface area contributed by atoms with E-state index in [0.29, 0.717) is 6.42 Å². The van der Waals surface area contributed by atoms with Crippen molar-refractivity contribution < 1.29 is 44.1 Å². The molecule has 14 heteroatoms. The Morgan fingerprint density at radius 2 is 1.44 bits per heavy atom. The van der Waals surface area contributed by atoms with Gasteiger partial charge >= 0.3 is 11.9 Å². The molecule has 0 bridgehead atoms. The molecule has 0 fully saturated rings. The van der Waals surface area contributed by atoms with E-state index in [-0.39, 0.29) is 6.42 Å². The van der Waals surface area contributed by atoms with Crippen molar-refractivity contribution in [1.82, 2.24) is 16.0 Å². The molecule has 0 aliphatic heterocycles. The lowest BCUT2D eigenvalue weighted by atomic mass is 9.98. The van der Waals surface area contributed by atoms with Crippen LogP contribution < -0.4 is 27.4 Å². The van der Waals surface area contributed by atoms with E-state index in [0.717, 1.165) is 0 Å². The maximum atomic E-state index is 12.6. The third kappa shape index (κ3) is 10.2. The van der Waals surface area contributed by atoms with E-state index < -0.39 is 85.1 Å². The Hall–Kier alpha value is -3.26. The molecule has 0 aliphatic carbocycles. The van der Waals surface area contributed by atoms with Gasteiger partial charge in [-0.25, -0.2) is 4.79 Å². The van der Waals surface area contributed by atoms with E-state index in [1.54, 1.807) is 13.8 Å². The average Bonchev–Trinajstić information content (AvgIpc) is 2.70. The van der Waals surface area contributed by atoms with Crippen LogP contribution in [0.2, 0.25) is 0 Å². The smallest absolute Gasteiger partial charge is 0.326 e. The van der Waals surface area contributed by atoms with Crippen LogP contribution in [0.15, 0.2) is 0 Å². The van der Waals surface area contributed by atoms with Crippen molar-refractivity contribution in [3.05, 3.63) is 0 Å². The zero-order valence-electron chi connectivity index (χ0n) is 17.9. The Bertz CT molecular complexity index is 715. The van der Waals surface area contributed by atoms with Gasteiger partial charge in [-0.15, -0.1) is 0 Å². The number of aliphatic hydroxyl groups excluding tert-OH is 1. The van der Waals surface area contributed by atoms with E-state index in [1.165, 1.54) is 0 Å². The second-order valence-electron chi connectivity index (χ2n) is 7.22. The summed E-state index contributed by atoms with van der Waals surface area (Å²) in [6.07, 6.45) is -0.999. The van der Waals surface area contributed by atoms with Crippen LogP contribution in [0, 0.1) is 5.92 Å². The normalized spacial score (nSPS) is 15.4. The third-order valence-corrected chi connectivity index (χ3v) is 4.63. The Balaban J connectivity index is 5.39. The predicted molar refractivity (Wildman–Crippen MR) is 109 cm³/mol. The highest BCUT2D eigenvalue weighted by Gasteiger charge is 2.32. The van der Waals surface area contributed by atoms with Crippen molar-refractivity contribution in [2.75, 3.05) is 6.61 Å². The Labute approximate surface area is 184 Å². The molecule has 0 aromatic carbocycles. The van der Waals surface area contributed by atoms with Gasteiger partial charge in [-0.3, -0.25) is 24.0 Å². The topological polar surface area (TPSA) is 251 Å². The number of hydrogen-bond acceptors (Lipinski definition) is 8. The molecule has 182 valence electrons. The summed E-state index contributed by atoms with van der Waals surface area (Å²) in [4.78, 5) is 70.2. The molecule has 0 spiro atoms. The van der Waals surface area contributed by atoms with Gasteiger partial charge in [-0.2, -0.15) is 0 Å². The van der Waals surface area contributed by atoms with Gasteiger partial charge in [0.1, 0.15) is 18.1 Å². The number of nitrogens with one attached hydrogen (secondary N) is 3. The quantitative estimate of drug-likeness (QED) is 0.120. The van der Waals surface area contributed by atoms with Crippen LogP contribution in [0.25, 0.3) is 0 Å². The van der Waals surface area contributed by atoms with Gasteiger partial charge in [-0.1, -0.05) is 20.3 Å². The number of aliphatic hydroxyl groups is 1. The first-order valence-corrected chi connectivity index (χ1v) is 9.84. The van der Waals surface area contributed by atoms with Crippen molar-refractivity contribution in [2.24, 2.45) is 17.4 Å². The molecular formula is C18H31N5O9. The fourth-order valence-corrected chi connectivity index (χ4v) is 2.53. The first-order valence-electron chi connectivity index (χ1n) is 9.84. The number of aliphatic carboxylic acids is 2. The van der Waals surface area contributed by atoms with Gasteiger partial charge in [0, 0.05) is 6.42 Å². The molecule has 32 heavy (non-hydrogen) atoms. The number of rotatable bonds is 15. The van der Waals surface area contributed by atoms with Crippen molar-refractivity contribution in [3.8, 4) is 0 Å². The molecule has 0 saturated heterocycles. The van der Waals surface area contributed by atoms with Crippen LogP contribution in [0.4, 0.5) is 0 Å². The van der Waals surface area contributed by atoms with Gasteiger partial charge in [0.2, 0.25) is 23.6 Å². The fourth-order valence-electron chi connectivity index (χ4n) is 2.53. The highest BCUT2D eigenvalue weighted by molar-refractivity contribution is 5.95. The van der Waals surface area contributed by atoms with Crippen LogP contribution in [0.3, 0.4) is 0 Å². The van der Waals surface area contributed by atoms with Gasteiger partial charge in [-0.05, 0) is 12.3 Å². The second-order valence-corrected chi connectivity index (χ2v) is 7.22. The molecule has 0 radical (unpaired) electrons. The fraction of sp³-hybridized carbons (Fsp3) is 0.667. The van der Waals surface area contributed by atoms with E-state index in [2.05, 4.69) is 16.0 Å². The molecule has 14 nitrogen and oxygen atoms in total. The molecular weight excluding hydrogens is 430 g/mol. The minimum absolute atomic E-state index is 0.382. The van der Waals surface area contributed by atoms with Crippen LogP contribution in [-0.4, -0.2) is 81.7 Å². The van der Waals surface area contributed by atoms with E-state index in [1.807, 2.05) is 0 Å². The number of nitrogens with two attached hydrogens (primary N) is 2. The largest absolute Gasteiger partial charge is 0.481 e. The predicted octanol–water partition coefficient (Wildman–Crippen LogP) is -3.37. The molecule has 10 N–H and O–H groups in total. The van der Waals surface area contributed by atoms with Gasteiger partial charge in [0.15, 0.2) is 0 Å². The number of carbonyl (C=O) groups is 6. The van der Waals surface area contributed by atoms with Gasteiger partial charge in [0.25, 0.3) is 0 Å². The number of carboxylic acid groups (broad SMARTS) is 2. The van der Waals surface area contributed by atoms with E-state index in [4.69, 9.17) is 16.6 Å². The molecule has 0 aliphatic rings. The first kappa shape index (κ1) is 28.7. The van der Waals surface area contributed by atoms with E-state index in [9.17, 15) is 39.0 Å². The Kier molecular flexibility index (Phi) is 12.5. The summed E-state index contributed by atoms with van der Waals surface area (Å²) in [6, 6.07) is -5.70. The van der Waals surface area contributed by atoms with Crippen LogP contribution in [0.5, 0.6) is 0 Å². The van der Waals surface area contributed by atoms with Crippen molar-refractivity contribution in [1.29, 1.82) is 0 Å². The maximum Gasteiger partial charge on any atom is 0.326 e. The first-order chi connectivity index (χ1) is 14.8. The molecule has 5 unspecified atom stereocenters. The standard InChI is InChI=1S/C18H31N5O9/c1-3-8(2)14(18(31)32)23-16(29)10(4-5-13(26)27)21-17(30)11(7-24)22-15(28)9(19)6-12(20)25/h8-11,14,24H,3-7,19H2,1-2H3,(H2,20,25)(H,21,30)(H,22,28)(H,23,29)(H,26,27)(H,31,32). The lowest BCUT2D eigenvalue weighted by Crippen LogP contribution is -2.58. The lowest BCUT2D eigenvalue weighted by molar-refractivity contribution is -0.144. The molecule has 4 amide bonds. The van der Waals surface area contributed by atoms with Gasteiger partial charge < -0.3 is 42.7 Å². The Morgan fingerprint density at radius 3 is 1.88 bits per heavy atom. The zero-order chi connectivity index (χ0) is 25.0. The molecule has 0 saturated carbocycles. The molecule has 0 rings (SSSR count). The van der Waals surface area contributed by atoms with Crippen LogP contribution in [-0.2, 0) is 28.8 Å². The molecule has 0 aromatic rings. The van der Waals surface area contributed by atoms with Gasteiger partial charge in [0.05, 0.1) is 19.1 Å². The van der Waals surface area contributed by atoms with Crippen molar-refractivity contribution >= 4 is 35.6 Å². The molecule has 5 atom stereocenters. The third-order valence-electron chi connectivity index (χ3n) is 4.63. The van der Waals surface area contributed by atoms with Crippen LogP contribution >= 0.6 is 0 Å². The second kappa shape index (κ2) is 13.9. The summed E-state index contributed by atoms with van der Waals surface area (Å²) in [5, 5.41) is 34.2. The van der Waals surface area contributed by atoms with Crippen molar-refractivity contribution in [3.63, 3.8) is 0 Å². The lowest BCUT2D eigenvalue weighted by Gasteiger charge is -2.25. The summed E-state index contributed by atoms with van der Waals surface area (Å²) in [7, 11) is 0. The highest BCUT2D eigenvalue weighted by atomic mass is 16.4. The number of primary amides is 1. The average molecular weight is 461 g/mol. The van der Waals surface area contributed by atoms with E-state index >= 15 is 0 Å². The number of carbonyl (C=O) groups excluding carboxylic acids is 4. The molecule has 0 aromatic heterocycles. The zero-order valence-corrected chi connectivity index (χ0v) is 17.9. The minimum Gasteiger partial charge on any atom is -0.481 e. The number of carboxylic acids is 2. The highest BCUT2D eigenvalue weighted by Crippen LogP contribution is 2.09. The number of hydrogen-bond donors (Lipinski definition) is 8. The SMILES string of the molecule is CCC(C)C(NC(=O)C(CCC(=O)O)NC(=O)C(CO)NC(=O)C(N)CC(N)=O)C(=O)O.